The number of allylic oxidation sites excluding steroid dienone is 4. The predicted octanol–water partition coefficient (Wildman–Crippen LogP) is 5.55. The zero-order chi connectivity index (χ0) is 13.7. The van der Waals surface area contributed by atoms with Crippen LogP contribution in [0, 0.1) is 20.8 Å². The summed E-state index contributed by atoms with van der Waals surface area (Å²) in [4.78, 5) is 0. The van der Waals surface area contributed by atoms with E-state index < -0.39 is 0 Å². The van der Waals surface area contributed by atoms with E-state index in [4.69, 9.17) is 0 Å². The third kappa shape index (κ3) is 12.4. The average molecular weight is 230 g/mol. The lowest BCUT2D eigenvalue weighted by molar-refractivity contribution is 1.30. The molecule has 0 fully saturated rings. The van der Waals surface area contributed by atoms with E-state index in [-0.39, 0.29) is 0 Å². The van der Waals surface area contributed by atoms with E-state index in [0.29, 0.717) is 0 Å². The second-order valence-corrected chi connectivity index (χ2v) is 3.73. The van der Waals surface area contributed by atoms with Crippen molar-refractivity contribution in [2.75, 3.05) is 0 Å². The summed E-state index contributed by atoms with van der Waals surface area (Å²) >= 11 is 0. The molecule has 0 heteroatoms. The highest BCUT2D eigenvalue weighted by Gasteiger charge is 1.89. The number of benzene rings is 1. The Bertz CT molecular complexity index is 333. The van der Waals surface area contributed by atoms with Crippen molar-refractivity contribution in [1.29, 1.82) is 0 Å². The van der Waals surface area contributed by atoms with Crippen LogP contribution in [-0.2, 0) is 0 Å². The molecule has 0 amide bonds. The molecule has 0 aliphatic heterocycles. The van der Waals surface area contributed by atoms with E-state index >= 15 is 0 Å². The minimum atomic E-state index is 1.35. The van der Waals surface area contributed by atoms with Crippen LogP contribution >= 0.6 is 0 Å². The predicted molar refractivity (Wildman–Crippen MR) is 81.5 cm³/mol. The van der Waals surface area contributed by atoms with Crippen LogP contribution in [0.15, 0.2) is 55.7 Å². The molecule has 0 atom stereocenters. The van der Waals surface area contributed by atoms with Crippen LogP contribution in [0.3, 0.4) is 0 Å². The van der Waals surface area contributed by atoms with Gasteiger partial charge < -0.3 is 0 Å². The zero-order valence-electron chi connectivity index (χ0n) is 12.0. The maximum absolute atomic E-state index is 3.36. The van der Waals surface area contributed by atoms with E-state index in [1.807, 2.05) is 26.0 Å². The first-order chi connectivity index (χ1) is 8.03. The van der Waals surface area contributed by atoms with E-state index in [1.165, 1.54) is 16.7 Å². The highest BCUT2D eigenvalue weighted by molar-refractivity contribution is 5.28. The van der Waals surface area contributed by atoms with Crippen molar-refractivity contribution in [3.05, 3.63) is 72.4 Å². The summed E-state index contributed by atoms with van der Waals surface area (Å²) in [5.41, 5.74) is 4.11. The highest BCUT2D eigenvalue weighted by Crippen LogP contribution is 2.07. The van der Waals surface area contributed by atoms with Crippen molar-refractivity contribution < 1.29 is 0 Å². The molecule has 0 saturated heterocycles. The van der Waals surface area contributed by atoms with E-state index in [0.717, 1.165) is 0 Å². The summed E-state index contributed by atoms with van der Waals surface area (Å²) in [6, 6.07) is 6.50. The van der Waals surface area contributed by atoms with Crippen LogP contribution in [0.25, 0.3) is 0 Å². The summed E-state index contributed by atoms with van der Waals surface area (Å²) in [5.74, 6) is 0. The Morgan fingerprint density at radius 2 is 1.29 bits per heavy atom. The molecule has 0 saturated carbocycles. The lowest BCUT2D eigenvalue weighted by Gasteiger charge is -1.98. The Labute approximate surface area is 107 Å². The molecule has 94 valence electrons. The maximum atomic E-state index is 3.36. The number of hydrogen-bond acceptors (Lipinski definition) is 0. The number of hydrogen-bond donors (Lipinski definition) is 0. The molecular formula is C17H26. The fourth-order valence-corrected chi connectivity index (χ4v) is 0.891. The molecule has 17 heavy (non-hydrogen) atoms. The number of rotatable bonds is 1. The van der Waals surface area contributed by atoms with Crippen molar-refractivity contribution in [3.8, 4) is 0 Å². The molecule has 0 heterocycles. The summed E-state index contributed by atoms with van der Waals surface area (Å²) in [5, 5.41) is 0. The smallest absolute Gasteiger partial charge is 0.0395 e. The van der Waals surface area contributed by atoms with Crippen molar-refractivity contribution in [3.63, 3.8) is 0 Å². The van der Waals surface area contributed by atoms with E-state index in [9.17, 15) is 0 Å². The van der Waals surface area contributed by atoms with Crippen LogP contribution in [0.1, 0.15) is 30.5 Å². The molecule has 0 aliphatic rings. The van der Waals surface area contributed by atoms with E-state index in [1.54, 1.807) is 12.2 Å². The molecule has 0 N–H and O–H groups in total. The van der Waals surface area contributed by atoms with Gasteiger partial charge in [0.15, 0.2) is 0 Å². The molecule has 1 aromatic rings. The molecule has 0 aromatic heterocycles. The molecule has 1 aromatic carbocycles. The fraction of sp³-hybridized carbons (Fsp3) is 0.294. The Morgan fingerprint density at radius 3 is 1.53 bits per heavy atom. The summed E-state index contributed by atoms with van der Waals surface area (Å²) < 4.78 is 0. The molecule has 0 aliphatic carbocycles. The van der Waals surface area contributed by atoms with Gasteiger partial charge in [-0.25, -0.2) is 0 Å². The van der Waals surface area contributed by atoms with Gasteiger partial charge in [0.2, 0.25) is 0 Å². The van der Waals surface area contributed by atoms with Gasteiger partial charge in [0.25, 0.3) is 0 Å². The zero-order valence-corrected chi connectivity index (χ0v) is 12.0. The lowest BCUT2D eigenvalue weighted by atomic mass is 10.1. The second kappa shape index (κ2) is 12.5. The third-order valence-corrected chi connectivity index (χ3v) is 2.16. The van der Waals surface area contributed by atoms with Crippen LogP contribution in [-0.4, -0.2) is 0 Å². The van der Waals surface area contributed by atoms with Crippen molar-refractivity contribution in [2.24, 2.45) is 0 Å². The van der Waals surface area contributed by atoms with E-state index in [2.05, 4.69) is 52.1 Å². The Morgan fingerprint density at radius 1 is 0.824 bits per heavy atom. The van der Waals surface area contributed by atoms with Gasteiger partial charge >= 0.3 is 0 Å². The summed E-state index contributed by atoms with van der Waals surface area (Å²) in [7, 11) is 0. The maximum Gasteiger partial charge on any atom is -0.0395 e. The average Bonchev–Trinajstić information content (AvgIpc) is 2.35. The van der Waals surface area contributed by atoms with Gasteiger partial charge in [-0.2, -0.15) is 0 Å². The van der Waals surface area contributed by atoms with Crippen LogP contribution in [0.5, 0.6) is 0 Å². The Hall–Kier alpha value is -1.56. The van der Waals surface area contributed by atoms with Crippen LogP contribution in [0.2, 0.25) is 0 Å². The minimum Gasteiger partial charge on any atom is -0.0991 e. The fourth-order valence-electron chi connectivity index (χ4n) is 0.891. The topological polar surface area (TPSA) is 0 Å². The summed E-state index contributed by atoms with van der Waals surface area (Å²) in [6.07, 6.45) is 7.28. The van der Waals surface area contributed by atoms with Crippen molar-refractivity contribution in [2.45, 2.75) is 34.6 Å². The normalized spacial score (nSPS) is 8.53. The molecule has 0 nitrogen and oxygen atoms in total. The second-order valence-electron chi connectivity index (χ2n) is 3.73. The highest BCUT2D eigenvalue weighted by atomic mass is 13.9. The molecule has 0 radical (unpaired) electrons. The Balaban J connectivity index is 0. The number of aryl methyl sites for hydroxylation is 3. The van der Waals surface area contributed by atoms with Gasteiger partial charge in [-0.1, -0.05) is 61.2 Å². The summed E-state index contributed by atoms with van der Waals surface area (Å²) in [6.45, 7) is 17.1. The first kappa shape index (κ1) is 17.8. The van der Waals surface area contributed by atoms with Gasteiger partial charge in [0.1, 0.15) is 0 Å². The van der Waals surface area contributed by atoms with Gasteiger partial charge in [-0.05, 0) is 45.7 Å². The molecule has 0 spiro atoms. The third-order valence-electron chi connectivity index (χ3n) is 2.16. The SMILES string of the molecule is C/C=C\C.C=CC=C.Cc1ccc(C)c(C)c1. The molecule has 1 rings (SSSR count). The standard InChI is InChI=1S/C9H12.C4H8.C4H6/c1-7-4-5-8(2)9(3)6-7;2*1-3-4-2/h4-6H,1-3H3;3-4H,1-2H3;3-4H,1-2H2/b;4-3-;. The monoisotopic (exact) mass is 230 g/mol. The van der Waals surface area contributed by atoms with Crippen molar-refractivity contribution in [1.82, 2.24) is 0 Å². The van der Waals surface area contributed by atoms with Crippen LogP contribution in [0.4, 0.5) is 0 Å². The first-order valence-electron chi connectivity index (χ1n) is 5.88. The molecule has 0 bridgehead atoms. The van der Waals surface area contributed by atoms with Gasteiger partial charge in [0.05, 0.1) is 0 Å². The Kier molecular flexibility index (Phi) is 13.1. The van der Waals surface area contributed by atoms with Crippen LogP contribution < -0.4 is 0 Å². The van der Waals surface area contributed by atoms with Gasteiger partial charge in [0, 0.05) is 0 Å². The quantitative estimate of drug-likeness (QED) is 0.438. The van der Waals surface area contributed by atoms with Gasteiger partial charge in [-0.3, -0.25) is 0 Å². The lowest BCUT2D eigenvalue weighted by Crippen LogP contribution is -1.79. The van der Waals surface area contributed by atoms with Gasteiger partial charge in [-0.15, -0.1) is 0 Å². The molecular weight excluding hydrogens is 204 g/mol. The first-order valence-corrected chi connectivity index (χ1v) is 5.88. The molecule has 0 unspecified atom stereocenters. The largest absolute Gasteiger partial charge is 0.0991 e. The minimum absolute atomic E-state index is 1.35. The van der Waals surface area contributed by atoms with Crippen molar-refractivity contribution >= 4 is 0 Å².